The zero-order chi connectivity index (χ0) is 11.4. The number of hydrogen-bond acceptors (Lipinski definition) is 3. The maximum absolute atomic E-state index is 11.7. The van der Waals surface area contributed by atoms with Crippen molar-refractivity contribution < 1.29 is 0 Å². The molecule has 0 aliphatic carbocycles. The van der Waals surface area contributed by atoms with Crippen molar-refractivity contribution in [3.8, 4) is 0 Å². The van der Waals surface area contributed by atoms with Crippen LogP contribution in [0.3, 0.4) is 0 Å². The van der Waals surface area contributed by atoms with Gasteiger partial charge in [-0.3, -0.25) is 9.20 Å². The second kappa shape index (κ2) is 4.72. The Hall–Kier alpha value is -1.94. The lowest BCUT2D eigenvalue weighted by molar-refractivity contribution is 0.737. The van der Waals surface area contributed by atoms with Crippen LogP contribution < -0.4 is 10.9 Å². The summed E-state index contributed by atoms with van der Waals surface area (Å²) in [5.74, 6) is 0. The van der Waals surface area contributed by atoms with E-state index in [1.807, 2.05) is 18.2 Å². The lowest BCUT2D eigenvalue weighted by atomic mass is 10.3. The second-order valence-electron chi connectivity index (χ2n) is 3.43. The lowest BCUT2D eigenvalue weighted by Crippen LogP contribution is -2.19. The Bertz CT molecular complexity index is 559. The van der Waals surface area contributed by atoms with E-state index in [4.69, 9.17) is 0 Å². The predicted molar refractivity (Wildman–Crippen MR) is 63.4 cm³/mol. The Balaban J connectivity index is 2.34. The van der Waals surface area contributed by atoms with Crippen LogP contribution in [-0.4, -0.2) is 15.9 Å². The molecule has 2 rings (SSSR count). The molecule has 2 aromatic rings. The zero-order valence-electron chi connectivity index (χ0n) is 8.89. The summed E-state index contributed by atoms with van der Waals surface area (Å²) in [5.41, 5.74) is 1.37. The minimum absolute atomic E-state index is 0.0546. The van der Waals surface area contributed by atoms with Gasteiger partial charge >= 0.3 is 0 Å². The fourth-order valence-corrected chi connectivity index (χ4v) is 1.50. The first-order valence-corrected chi connectivity index (χ1v) is 5.10. The predicted octanol–water partition coefficient (Wildman–Crippen LogP) is 0.970. The smallest absolute Gasteiger partial charge is 0.258 e. The summed E-state index contributed by atoms with van der Waals surface area (Å²) in [6, 6.07) is 7.04. The van der Waals surface area contributed by atoms with Crippen molar-refractivity contribution in [3.63, 3.8) is 0 Å². The van der Waals surface area contributed by atoms with Crippen molar-refractivity contribution in [1.29, 1.82) is 0 Å². The second-order valence-corrected chi connectivity index (χ2v) is 3.43. The van der Waals surface area contributed by atoms with E-state index in [1.165, 1.54) is 4.40 Å². The first-order chi connectivity index (χ1) is 7.81. The van der Waals surface area contributed by atoms with E-state index in [0.29, 0.717) is 18.7 Å². The van der Waals surface area contributed by atoms with Gasteiger partial charge < -0.3 is 5.32 Å². The SMILES string of the molecule is C=CCNCc1cc(=O)n2ccccc2n1. The molecular weight excluding hydrogens is 202 g/mol. The highest BCUT2D eigenvalue weighted by Crippen LogP contribution is 1.98. The van der Waals surface area contributed by atoms with Crippen LogP contribution in [0, 0.1) is 0 Å². The summed E-state index contributed by atoms with van der Waals surface area (Å²) in [6.07, 6.45) is 3.49. The fourth-order valence-electron chi connectivity index (χ4n) is 1.50. The third-order valence-corrected chi connectivity index (χ3v) is 2.22. The molecule has 82 valence electrons. The summed E-state index contributed by atoms with van der Waals surface area (Å²) < 4.78 is 1.52. The summed E-state index contributed by atoms with van der Waals surface area (Å²) in [5, 5.41) is 3.11. The van der Waals surface area contributed by atoms with E-state index in [9.17, 15) is 4.79 Å². The quantitative estimate of drug-likeness (QED) is 0.610. The molecule has 0 aliphatic heterocycles. The maximum Gasteiger partial charge on any atom is 0.258 e. The molecule has 0 saturated heterocycles. The molecule has 0 aromatic carbocycles. The Morgan fingerprint density at radius 2 is 2.38 bits per heavy atom. The molecular formula is C12H13N3O. The van der Waals surface area contributed by atoms with Gasteiger partial charge in [-0.15, -0.1) is 6.58 Å². The van der Waals surface area contributed by atoms with E-state index in [-0.39, 0.29) is 5.56 Å². The van der Waals surface area contributed by atoms with Crippen LogP contribution in [0.2, 0.25) is 0 Å². The first kappa shape index (κ1) is 10.6. The monoisotopic (exact) mass is 215 g/mol. The van der Waals surface area contributed by atoms with Crippen molar-refractivity contribution in [2.24, 2.45) is 0 Å². The molecule has 16 heavy (non-hydrogen) atoms. The summed E-state index contributed by atoms with van der Waals surface area (Å²) >= 11 is 0. The average molecular weight is 215 g/mol. The van der Waals surface area contributed by atoms with Crippen molar-refractivity contribution >= 4 is 5.65 Å². The summed E-state index contributed by atoms with van der Waals surface area (Å²) in [6.45, 7) is 4.89. The van der Waals surface area contributed by atoms with E-state index in [0.717, 1.165) is 5.69 Å². The number of rotatable bonds is 4. The Kier molecular flexibility index (Phi) is 3.12. The van der Waals surface area contributed by atoms with Gasteiger partial charge in [0.15, 0.2) is 0 Å². The molecule has 4 nitrogen and oxygen atoms in total. The van der Waals surface area contributed by atoms with Gasteiger partial charge in [0.05, 0.1) is 5.69 Å². The Morgan fingerprint density at radius 3 is 3.19 bits per heavy atom. The van der Waals surface area contributed by atoms with Crippen molar-refractivity contribution in [2.45, 2.75) is 6.54 Å². The Morgan fingerprint density at radius 1 is 1.50 bits per heavy atom. The van der Waals surface area contributed by atoms with Crippen LogP contribution in [-0.2, 0) is 6.54 Å². The molecule has 4 heteroatoms. The molecule has 0 saturated carbocycles. The number of pyridine rings is 1. The van der Waals surface area contributed by atoms with E-state index < -0.39 is 0 Å². The molecule has 0 fully saturated rings. The van der Waals surface area contributed by atoms with Crippen LogP contribution >= 0.6 is 0 Å². The molecule has 0 unspecified atom stereocenters. The largest absolute Gasteiger partial charge is 0.308 e. The average Bonchev–Trinajstić information content (AvgIpc) is 2.30. The maximum atomic E-state index is 11.7. The van der Waals surface area contributed by atoms with E-state index in [2.05, 4.69) is 16.9 Å². The molecule has 0 spiro atoms. The normalized spacial score (nSPS) is 10.5. The third kappa shape index (κ3) is 2.17. The standard InChI is InChI=1S/C12H13N3O/c1-2-6-13-9-10-8-12(16)15-7-4-3-5-11(15)14-10/h2-5,7-8,13H,1,6,9H2. The highest BCUT2D eigenvalue weighted by Gasteiger charge is 2.00. The van der Waals surface area contributed by atoms with Crippen LogP contribution in [0.5, 0.6) is 0 Å². The molecule has 2 aromatic heterocycles. The van der Waals surface area contributed by atoms with Crippen LogP contribution in [0.4, 0.5) is 0 Å². The van der Waals surface area contributed by atoms with Crippen LogP contribution in [0.1, 0.15) is 5.69 Å². The highest BCUT2D eigenvalue weighted by molar-refractivity contribution is 5.37. The minimum atomic E-state index is -0.0546. The van der Waals surface area contributed by atoms with Gasteiger partial charge in [0, 0.05) is 25.4 Å². The van der Waals surface area contributed by atoms with E-state index in [1.54, 1.807) is 18.3 Å². The van der Waals surface area contributed by atoms with Crippen molar-refractivity contribution in [3.05, 3.63) is 59.2 Å². The number of fused-ring (bicyclic) bond motifs is 1. The van der Waals surface area contributed by atoms with Crippen LogP contribution in [0.25, 0.3) is 5.65 Å². The number of hydrogen-bond donors (Lipinski definition) is 1. The van der Waals surface area contributed by atoms with Gasteiger partial charge in [-0.05, 0) is 12.1 Å². The summed E-state index contributed by atoms with van der Waals surface area (Å²) in [4.78, 5) is 16.1. The molecule has 2 heterocycles. The number of aromatic nitrogens is 2. The molecule has 0 bridgehead atoms. The van der Waals surface area contributed by atoms with Gasteiger partial charge in [-0.1, -0.05) is 12.1 Å². The van der Waals surface area contributed by atoms with Crippen molar-refractivity contribution in [2.75, 3.05) is 6.54 Å². The lowest BCUT2D eigenvalue weighted by Gasteiger charge is -2.03. The van der Waals surface area contributed by atoms with Gasteiger partial charge in [-0.2, -0.15) is 0 Å². The highest BCUT2D eigenvalue weighted by atomic mass is 16.1. The van der Waals surface area contributed by atoms with Crippen LogP contribution in [0.15, 0.2) is 47.9 Å². The number of nitrogens with one attached hydrogen (secondary N) is 1. The zero-order valence-corrected chi connectivity index (χ0v) is 8.89. The summed E-state index contributed by atoms with van der Waals surface area (Å²) in [7, 11) is 0. The molecule has 0 radical (unpaired) electrons. The molecule has 1 N–H and O–H groups in total. The van der Waals surface area contributed by atoms with Gasteiger partial charge in [0.1, 0.15) is 5.65 Å². The molecule has 0 amide bonds. The molecule has 0 atom stereocenters. The minimum Gasteiger partial charge on any atom is -0.308 e. The topological polar surface area (TPSA) is 46.4 Å². The molecule has 0 aliphatic rings. The first-order valence-electron chi connectivity index (χ1n) is 5.10. The van der Waals surface area contributed by atoms with Gasteiger partial charge in [-0.25, -0.2) is 4.98 Å². The number of nitrogens with zero attached hydrogens (tertiary/aromatic N) is 2. The fraction of sp³-hybridized carbons (Fsp3) is 0.167. The van der Waals surface area contributed by atoms with Crippen molar-refractivity contribution in [1.82, 2.24) is 14.7 Å². The van der Waals surface area contributed by atoms with Gasteiger partial charge in [0.25, 0.3) is 5.56 Å². The third-order valence-electron chi connectivity index (χ3n) is 2.22. The Labute approximate surface area is 93.3 Å². The van der Waals surface area contributed by atoms with E-state index >= 15 is 0 Å². The van der Waals surface area contributed by atoms with Gasteiger partial charge in [0.2, 0.25) is 0 Å².